The Balaban J connectivity index is 2.50. The van der Waals surface area contributed by atoms with Crippen molar-refractivity contribution in [3.8, 4) is 0 Å². The maximum atomic E-state index is 2.34. The van der Waals surface area contributed by atoms with Gasteiger partial charge in [0.25, 0.3) is 0 Å². The monoisotopic (exact) mass is 286 g/mol. The molecule has 0 unspecified atom stereocenters. The first-order valence-corrected chi connectivity index (χ1v) is 7.39. The van der Waals surface area contributed by atoms with Crippen molar-refractivity contribution in [2.24, 2.45) is 0 Å². The first-order valence-electron chi connectivity index (χ1n) is 6.39. The molecule has 0 atom stereocenters. The van der Waals surface area contributed by atoms with Gasteiger partial charge in [-0.2, -0.15) is 0 Å². The van der Waals surface area contributed by atoms with Crippen LogP contribution in [-0.4, -0.2) is 35.8 Å². The molecule has 0 amide bonds. The topological polar surface area (TPSA) is 6.48 Å². The maximum Gasteiger partial charge on any atom is 0.135 e. The number of nitrogens with zero attached hydrogens (tertiary/aromatic N) is 2. The number of benzene rings is 2. The normalized spacial score (nSPS) is 10.7. The number of rotatable bonds is 4. The van der Waals surface area contributed by atoms with Crippen LogP contribution in [0.5, 0.6) is 0 Å². The Morgan fingerprint density at radius 1 is 0.700 bits per heavy atom. The van der Waals surface area contributed by atoms with Gasteiger partial charge >= 0.3 is 0 Å². The van der Waals surface area contributed by atoms with Gasteiger partial charge in [-0.3, -0.25) is 0 Å². The summed E-state index contributed by atoms with van der Waals surface area (Å²) < 4.78 is 0. The Morgan fingerprint density at radius 3 is 1.40 bits per heavy atom. The molecule has 0 aliphatic heterocycles. The zero-order valence-corrected chi connectivity index (χ0v) is 13.0. The highest BCUT2D eigenvalue weighted by Crippen LogP contribution is 2.35. The Morgan fingerprint density at radius 2 is 1.05 bits per heavy atom. The van der Waals surface area contributed by atoms with Gasteiger partial charge in [0, 0.05) is 28.2 Å². The van der Waals surface area contributed by atoms with E-state index < -0.39 is 7.80 Å². The molecule has 106 valence electrons. The molecule has 20 heavy (non-hydrogen) atoms. The molecule has 0 radical (unpaired) electrons. The maximum absolute atomic E-state index is 2.34. The van der Waals surface area contributed by atoms with E-state index in [0.29, 0.717) is 0 Å². The molecule has 0 aliphatic carbocycles. The lowest BCUT2D eigenvalue weighted by Crippen LogP contribution is -2.24. The molecule has 2 nitrogen and oxygen atoms in total. The van der Waals surface area contributed by atoms with E-state index in [1.54, 1.807) is 10.6 Å². The van der Waals surface area contributed by atoms with Gasteiger partial charge in [0.15, 0.2) is 0 Å². The van der Waals surface area contributed by atoms with Crippen LogP contribution in [0, 0.1) is 0 Å². The molecule has 0 aliphatic rings. The molecular weight excluding hydrogens is 262 g/mol. The summed E-state index contributed by atoms with van der Waals surface area (Å²) in [6.07, 6.45) is 0. The number of anilines is 2. The minimum atomic E-state index is -0.527. The van der Waals surface area contributed by atoms with Crippen LogP contribution in [0.4, 0.5) is 11.4 Å². The van der Waals surface area contributed by atoms with Crippen LogP contribution >= 0.6 is 7.80 Å². The molecule has 0 spiro atoms. The van der Waals surface area contributed by atoms with E-state index in [0.717, 1.165) is 0 Å². The largest absolute Gasteiger partial charge is 0.375 e. The molecule has 2 aromatic rings. The van der Waals surface area contributed by atoms with E-state index in [9.17, 15) is 0 Å². The van der Waals surface area contributed by atoms with Crippen LogP contribution in [0.1, 0.15) is 0 Å². The van der Waals surface area contributed by atoms with Crippen molar-refractivity contribution in [1.29, 1.82) is 0 Å². The van der Waals surface area contributed by atoms with Crippen LogP contribution < -0.4 is 20.4 Å². The van der Waals surface area contributed by atoms with E-state index in [4.69, 9.17) is 0 Å². The Hall–Kier alpha value is -1.47. The minimum Gasteiger partial charge on any atom is -0.375 e. The lowest BCUT2D eigenvalue weighted by molar-refractivity contribution is 1.14. The van der Waals surface area contributed by atoms with Crippen LogP contribution in [-0.2, 0) is 0 Å². The second-order valence-corrected chi connectivity index (χ2v) is 6.28. The second-order valence-electron chi connectivity index (χ2n) is 4.95. The van der Waals surface area contributed by atoms with Crippen LogP contribution in [0.25, 0.3) is 0 Å². The number of para-hydroxylation sites is 2. The Bertz CT molecular complexity index is 533. The van der Waals surface area contributed by atoms with Gasteiger partial charge in [0.1, 0.15) is 7.57 Å². The highest BCUT2D eigenvalue weighted by atomic mass is 31.1. The van der Waals surface area contributed by atoms with Crippen molar-refractivity contribution in [2.75, 3.05) is 38.0 Å². The van der Waals surface area contributed by atoms with Gasteiger partial charge in [0.05, 0.1) is 22.0 Å². The fourth-order valence-corrected chi connectivity index (χ4v) is 3.60. The smallest absolute Gasteiger partial charge is 0.135 e. The molecule has 2 rings (SSSR count). The van der Waals surface area contributed by atoms with Crippen molar-refractivity contribution in [1.82, 2.24) is 0 Å². The molecule has 0 fully saturated rings. The van der Waals surface area contributed by atoms with Crippen LogP contribution in [0.15, 0.2) is 48.5 Å². The van der Waals surface area contributed by atoms with E-state index in [1.807, 2.05) is 0 Å². The van der Waals surface area contributed by atoms with Crippen molar-refractivity contribution >= 4 is 37.3 Å². The van der Waals surface area contributed by atoms with Gasteiger partial charge in [0.2, 0.25) is 0 Å². The summed E-state index contributed by atoms with van der Waals surface area (Å²) >= 11 is 0. The highest BCUT2D eigenvalue weighted by Gasteiger charge is 2.19. The van der Waals surface area contributed by atoms with Gasteiger partial charge < -0.3 is 9.80 Å². The zero-order valence-electron chi connectivity index (χ0n) is 12.0. The first kappa shape index (κ1) is 14.9. The van der Waals surface area contributed by atoms with Crippen molar-refractivity contribution in [3.63, 3.8) is 0 Å². The summed E-state index contributed by atoms with van der Waals surface area (Å²) in [7, 11) is 8.31. The van der Waals surface area contributed by atoms with Crippen LogP contribution in [0.2, 0.25) is 0 Å². The molecule has 0 saturated heterocycles. The fraction of sp³-hybridized carbons (Fsp3) is 0.250. The lowest BCUT2D eigenvalue weighted by atomic mass is 10.3. The second kappa shape index (κ2) is 6.32. The molecule has 2 aromatic carbocycles. The SMILES string of the molecule is [BH3-][PH+](c1ccccc1N(C)C)c1ccccc1N(C)C. The number of hydrogen-bond acceptors (Lipinski definition) is 2. The third-order valence-electron chi connectivity index (χ3n) is 3.04. The highest BCUT2D eigenvalue weighted by molar-refractivity contribution is 7.94. The third kappa shape index (κ3) is 2.99. The molecule has 0 heterocycles. The number of hydrogen-bond donors (Lipinski definition) is 0. The molecule has 0 bridgehead atoms. The average Bonchev–Trinajstić information content (AvgIpc) is 2.46. The van der Waals surface area contributed by atoms with Crippen molar-refractivity contribution in [3.05, 3.63) is 48.5 Å². The van der Waals surface area contributed by atoms with E-state index >= 15 is 0 Å². The van der Waals surface area contributed by atoms with Crippen molar-refractivity contribution in [2.45, 2.75) is 0 Å². The predicted octanol–water partition coefficient (Wildman–Crippen LogP) is 1.26. The summed E-state index contributed by atoms with van der Waals surface area (Å²) in [6, 6.07) is 17.8. The summed E-state index contributed by atoms with van der Waals surface area (Å²) in [5, 5.41) is 3.16. The average molecular weight is 286 g/mol. The molecule has 0 aromatic heterocycles. The Kier molecular flexibility index (Phi) is 4.72. The van der Waals surface area contributed by atoms with E-state index in [2.05, 4.69) is 86.5 Å². The molecule has 4 heteroatoms. The molecule has 0 saturated carbocycles. The Labute approximate surface area is 124 Å². The first-order chi connectivity index (χ1) is 9.52. The zero-order chi connectivity index (χ0) is 14.7. The predicted molar refractivity (Wildman–Crippen MR) is 99.1 cm³/mol. The van der Waals surface area contributed by atoms with Gasteiger partial charge in [-0.05, 0) is 24.3 Å². The quantitative estimate of drug-likeness (QED) is 0.617. The summed E-state index contributed by atoms with van der Waals surface area (Å²) in [6.45, 7) is 0. The summed E-state index contributed by atoms with van der Waals surface area (Å²) in [5.41, 5.74) is 2.79. The van der Waals surface area contributed by atoms with E-state index in [1.165, 1.54) is 11.4 Å². The fourth-order valence-electron chi connectivity index (χ4n) is 2.08. The van der Waals surface area contributed by atoms with Crippen LogP contribution in [0.3, 0.4) is 0 Å². The van der Waals surface area contributed by atoms with Gasteiger partial charge in [-0.15, -0.1) is 7.80 Å². The lowest BCUT2D eigenvalue weighted by Gasteiger charge is -2.23. The minimum absolute atomic E-state index is 0.255. The summed E-state index contributed by atoms with van der Waals surface area (Å²) in [5.74, 6) is 0. The third-order valence-corrected chi connectivity index (χ3v) is 4.43. The van der Waals surface area contributed by atoms with Gasteiger partial charge in [-0.1, -0.05) is 24.3 Å². The molecular formula is C16H24BN2P. The molecule has 0 N–H and O–H groups in total. The summed E-state index contributed by atoms with van der Waals surface area (Å²) in [4.78, 5) is 4.50. The van der Waals surface area contributed by atoms with E-state index in [-0.39, 0.29) is 7.57 Å². The van der Waals surface area contributed by atoms with Gasteiger partial charge in [-0.25, -0.2) is 0 Å². The van der Waals surface area contributed by atoms with Crippen molar-refractivity contribution < 1.29 is 0 Å². The standard InChI is InChI=1S/C16H24BN2P/c1-18(2)13-9-5-7-11-15(13)20(17)16-12-8-6-10-14(16)19(3)4/h5-12,20H,1-4,17H3.